The van der Waals surface area contributed by atoms with Gasteiger partial charge in [-0.3, -0.25) is 4.31 Å². The van der Waals surface area contributed by atoms with Gasteiger partial charge in [0.15, 0.2) is 0 Å². The van der Waals surface area contributed by atoms with Gasteiger partial charge in [0.25, 0.3) is 0 Å². The van der Waals surface area contributed by atoms with E-state index >= 15 is 0 Å². The molecule has 0 N–H and O–H groups in total. The molecule has 0 spiro atoms. The summed E-state index contributed by atoms with van der Waals surface area (Å²) in [6.07, 6.45) is 18.3. The molecule has 1 nitrogen and oxygen atoms in total. The zero-order chi connectivity index (χ0) is 18.1. The van der Waals surface area contributed by atoms with Crippen molar-refractivity contribution >= 4 is 10.2 Å². The minimum atomic E-state index is -0.621. The van der Waals surface area contributed by atoms with Crippen LogP contribution in [0.3, 0.4) is 0 Å². The lowest BCUT2D eigenvalue weighted by molar-refractivity contribution is 0.0819. The maximum absolute atomic E-state index is 3.16. The molecule has 4 aliphatic rings. The maximum atomic E-state index is 3.16. The van der Waals surface area contributed by atoms with E-state index in [0.717, 1.165) is 47.6 Å². The first kappa shape index (κ1) is 18.7. The SMILES string of the molecule is CC1C2CCCCC2C2C1C1CC(C(C)(C)C)CCC1N2S(C)(C)C. The molecule has 0 radical (unpaired) electrons. The Morgan fingerprint density at radius 3 is 2.08 bits per heavy atom. The van der Waals surface area contributed by atoms with Crippen molar-refractivity contribution in [2.45, 2.75) is 84.7 Å². The third-order valence-corrected chi connectivity index (χ3v) is 10.6. The lowest BCUT2D eigenvalue weighted by atomic mass is 9.64. The number of rotatable bonds is 1. The number of nitrogens with zero attached hydrogens (tertiary/aromatic N) is 1. The molecule has 4 fully saturated rings. The molecule has 4 rings (SSSR count). The minimum Gasteiger partial charge on any atom is -0.261 e. The van der Waals surface area contributed by atoms with Crippen molar-refractivity contribution in [3.63, 3.8) is 0 Å². The Hall–Kier alpha value is 0.310. The normalized spacial score (nSPS) is 48.8. The zero-order valence-electron chi connectivity index (χ0n) is 17.9. The second-order valence-corrected chi connectivity index (χ2v) is 15.7. The van der Waals surface area contributed by atoms with Gasteiger partial charge in [0.05, 0.1) is 0 Å². The van der Waals surface area contributed by atoms with Crippen molar-refractivity contribution < 1.29 is 0 Å². The highest BCUT2D eigenvalue weighted by Crippen LogP contribution is 2.66. The fourth-order valence-corrected chi connectivity index (χ4v) is 9.95. The molecule has 1 saturated heterocycles. The quantitative estimate of drug-likeness (QED) is 0.536. The van der Waals surface area contributed by atoms with E-state index in [-0.39, 0.29) is 0 Å². The van der Waals surface area contributed by atoms with E-state index in [4.69, 9.17) is 0 Å². The Kier molecular flexibility index (Phi) is 4.60. The van der Waals surface area contributed by atoms with Gasteiger partial charge < -0.3 is 0 Å². The van der Waals surface area contributed by atoms with Crippen LogP contribution in [0.15, 0.2) is 0 Å². The fourth-order valence-electron chi connectivity index (χ4n) is 7.85. The molecule has 8 atom stereocenters. The van der Waals surface area contributed by atoms with E-state index < -0.39 is 10.2 Å². The van der Waals surface area contributed by atoms with Crippen LogP contribution in [0.5, 0.6) is 0 Å². The van der Waals surface area contributed by atoms with Crippen molar-refractivity contribution in [1.82, 2.24) is 4.31 Å². The Bertz CT molecular complexity index is 501. The van der Waals surface area contributed by atoms with Crippen molar-refractivity contribution in [3.05, 3.63) is 0 Å². The molecule has 0 amide bonds. The van der Waals surface area contributed by atoms with E-state index in [1.807, 2.05) is 0 Å². The number of hydrogen-bond donors (Lipinski definition) is 0. The van der Waals surface area contributed by atoms with Gasteiger partial charge in [-0.1, -0.05) is 40.5 Å². The van der Waals surface area contributed by atoms with E-state index in [9.17, 15) is 0 Å². The summed E-state index contributed by atoms with van der Waals surface area (Å²) in [5, 5.41) is 0. The van der Waals surface area contributed by atoms with Crippen LogP contribution < -0.4 is 0 Å². The number of hydrogen-bond acceptors (Lipinski definition) is 1. The van der Waals surface area contributed by atoms with E-state index in [1.54, 1.807) is 0 Å². The van der Waals surface area contributed by atoms with E-state index in [1.165, 1.54) is 44.9 Å². The van der Waals surface area contributed by atoms with Gasteiger partial charge in [-0.15, -0.1) is 0 Å². The standard InChI is InChI=1S/C23H43NS/c1-15-17-10-8-9-11-18(17)22-21(15)19-14-16(23(2,3)4)12-13-20(19)24(22)25(5,6)7/h15-22H,8-14H2,1-7H3. The Morgan fingerprint density at radius 2 is 1.48 bits per heavy atom. The number of fused-ring (bicyclic) bond motifs is 5. The molecule has 2 heteroatoms. The lowest BCUT2D eigenvalue weighted by Gasteiger charge is -2.50. The highest BCUT2D eigenvalue weighted by atomic mass is 32.3. The summed E-state index contributed by atoms with van der Waals surface area (Å²) in [4.78, 5) is 0. The molecule has 3 aliphatic carbocycles. The van der Waals surface area contributed by atoms with Gasteiger partial charge in [0.1, 0.15) is 0 Å². The summed E-state index contributed by atoms with van der Waals surface area (Å²) >= 11 is 0. The summed E-state index contributed by atoms with van der Waals surface area (Å²) in [6, 6.07) is 1.85. The van der Waals surface area contributed by atoms with Crippen molar-refractivity contribution in [2.24, 2.45) is 40.9 Å². The van der Waals surface area contributed by atoms with Crippen LogP contribution in [0.25, 0.3) is 0 Å². The average Bonchev–Trinajstić information content (AvgIpc) is 3.00. The van der Waals surface area contributed by atoms with Crippen LogP contribution in [-0.2, 0) is 0 Å². The zero-order valence-corrected chi connectivity index (χ0v) is 18.7. The van der Waals surface area contributed by atoms with Crippen LogP contribution in [0, 0.1) is 40.9 Å². The second-order valence-electron chi connectivity index (χ2n) is 11.8. The first-order valence-corrected chi connectivity index (χ1v) is 13.9. The Labute approximate surface area is 159 Å². The average molecular weight is 366 g/mol. The van der Waals surface area contributed by atoms with Crippen LogP contribution in [0.2, 0.25) is 0 Å². The van der Waals surface area contributed by atoms with Gasteiger partial charge in [0.2, 0.25) is 0 Å². The Balaban J connectivity index is 1.69. The predicted octanol–water partition coefficient (Wildman–Crippen LogP) is 6.18. The van der Waals surface area contributed by atoms with Crippen LogP contribution in [0.1, 0.15) is 72.6 Å². The van der Waals surface area contributed by atoms with Gasteiger partial charge in [-0.25, -0.2) is 0 Å². The molecular weight excluding hydrogens is 322 g/mol. The highest BCUT2D eigenvalue weighted by Gasteiger charge is 2.63. The van der Waals surface area contributed by atoms with Crippen molar-refractivity contribution in [2.75, 3.05) is 18.8 Å². The molecule has 0 aromatic heterocycles. The first-order chi connectivity index (χ1) is 11.6. The highest BCUT2D eigenvalue weighted by molar-refractivity contribution is 8.30. The molecule has 0 aromatic rings. The smallest absolute Gasteiger partial charge is 0.0255 e. The summed E-state index contributed by atoms with van der Waals surface area (Å²) in [6.45, 7) is 10.1. The van der Waals surface area contributed by atoms with Gasteiger partial charge in [-0.2, -0.15) is 10.2 Å². The molecule has 1 aliphatic heterocycles. The molecule has 146 valence electrons. The molecule has 0 bridgehead atoms. The van der Waals surface area contributed by atoms with Gasteiger partial charge in [0, 0.05) is 12.1 Å². The molecule has 25 heavy (non-hydrogen) atoms. The molecular formula is C23H43NS. The summed E-state index contributed by atoms with van der Waals surface area (Å²) in [5.41, 5.74) is 0.497. The van der Waals surface area contributed by atoms with Gasteiger partial charge in [-0.05, 0) is 91.8 Å². The summed E-state index contributed by atoms with van der Waals surface area (Å²) < 4.78 is 3.16. The minimum absolute atomic E-state index is 0.497. The van der Waals surface area contributed by atoms with Gasteiger partial charge >= 0.3 is 0 Å². The van der Waals surface area contributed by atoms with E-state index in [2.05, 4.69) is 50.8 Å². The summed E-state index contributed by atoms with van der Waals surface area (Å²) in [5.74, 6) is 6.00. The van der Waals surface area contributed by atoms with Crippen molar-refractivity contribution in [3.8, 4) is 0 Å². The Morgan fingerprint density at radius 1 is 0.840 bits per heavy atom. The predicted molar refractivity (Wildman–Crippen MR) is 113 cm³/mol. The first-order valence-electron chi connectivity index (χ1n) is 11.1. The molecule has 8 unspecified atom stereocenters. The van der Waals surface area contributed by atoms with Crippen LogP contribution in [0.4, 0.5) is 0 Å². The maximum Gasteiger partial charge on any atom is 0.0255 e. The summed E-state index contributed by atoms with van der Waals surface area (Å²) in [7, 11) is -0.621. The molecule has 0 aromatic carbocycles. The monoisotopic (exact) mass is 365 g/mol. The fraction of sp³-hybridized carbons (Fsp3) is 1.00. The van der Waals surface area contributed by atoms with Crippen molar-refractivity contribution in [1.29, 1.82) is 0 Å². The van der Waals surface area contributed by atoms with Crippen LogP contribution in [-0.4, -0.2) is 35.2 Å². The molecule has 3 saturated carbocycles. The third-order valence-electron chi connectivity index (χ3n) is 8.82. The topological polar surface area (TPSA) is 3.24 Å². The largest absolute Gasteiger partial charge is 0.261 e. The van der Waals surface area contributed by atoms with E-state index in [0.29, 0.717) is 5.41 Å². The lowest BCUT2D eigenvalue weighted by Crippen LogP contribution is -2.45. The second kappa shape index (κ2) is 6.16. The molecule has 1 heterocycles. The third kappa shape index (κ3) is 2.93. The van der Waals surface area contributed by atoms with Crippen LogP contribution >= 0.6 is 10.2 Å².